The van der Waals surface area contributed by atoms with Crippen LogP contribution < -0.4 is 20.2 Å². The van der Waals surface area contributed by atoms with Crippen LogP contribution in [0, 0.1) is 17.0 Å². The molecule has 0 N–H and O–H groups in total. The fraction of sp³-hybridized carbons (Fsp3) is 0.477. The molecule has 0 amide bonds. The van der Waals surface area contributed by atoms with Gasteiger partial charge < -0.3 is 33.6 Å². The first-order valence-electron chi connectivity index (χ1n) is 21.0. The number of aromatic nitrogens is 6. The quantitative estimate of drug-likeness (QED) is 0.150. The molecule has 0 bridgehead atoms. The number of rotatable bonds is 14. The highest BCUT2D eigenvalue weighted by atomic mass is 19.1. The topological polar surface area (TPSA) is 137 Å². The molecule has 0 radical (unpaired) electrons. The second-order valence-corrected chi connectivity index (χ2v) is 17.2. The minimum Gasteiger partial charge on any atom is -0.491 e. The van der Waals surface area contributed by atoms with Gasteiger partial charge in [-0.15, -0.1) is 0 Å². The van der Waals surface area contributed by atoms with E-state index in [1.807, 2.05) is 69.3 Å². The Kier molecular flexibility index (Phi) is 12.7. The van der Waals surface area contributed by atoms with Gasteiger partial charge in [-0.3, -0.25) is 9.69 Å². The third kappa shape index (κ3) is 9.99. The normalized spacial score (nSPS) is 20.7. The number of likely N-dealkylation sites (N-methyl/N-ethyl adjacent to an activating group) is 1. The molecule has 330 valence electrons. The highest BCUT2D eigenvalue weighted by Gasteiger charge is 2.46. The summed E-state index contributed by atoms with van der Waals surface area (Å²) in [7, 11) is 2.08. The van der Waals surface area contributed by atoms with Crippen molar-refractivity contribution < 1.29 is 32.5 Å². The lowest BCUT2D eigenvalue weighted by Crippen LogP contribution is -2.47. The molecule has 16 nitrogen and oxygen atoms in total. The van der Waals surface area contributed by atoms with Gasteiger partial charge in [-0.2, -0.15) is 10.2 Å². The number of benzene rings is 3. The van der Waals surface area contributed by atoms with Crippen LogP contribution in [0.5, 0.6) is 5.75 Å². The Morgan fingerprint density at radius 2 is 1.53 bits per heavy atom. The molecule has 0 spiro atoms. The maximum Gasteiger partial charge on any atom is 0.350 e. The minimum atomic E-state index is -1.53. The van der Waals surface area contributed by atoms with Gasteiger partial charge in [0, 0.05) is 80.8 Å². The van der Waals surface area contributed by atoms with Crippen molar-refractivity contribution in [3.8, 4) is 11.4 Å². The number of esters is 1. The van der Waals surface area contributed by atoms with Gasteiger partial charge in [-0.1, -0.05) is 20.8 Å². The van der Waals surface area contributed by atoms with E-state index in [4.69, 9.17) is 18.9 Å². The monoisotopic (exact) mass is 856 g/mol. The second-order valence-electron chi connectivity index (χ2n) is 17.2. The molecule has 3 atom stereocenters. The summed E-state index contributed by atoms with van der Waals surface area (Å²) in [5.74, 6) is -2.65. The van der Waals surface area contributed by atoms with Crippen molar-refractivity contribution in [2.45, 2.75) is 51.9 Å². The standard InChI is InChI=1S/C44H54F2N10O6/c1-43(2,3)40(61-41(57)25-51-17-15-50(4)16-18-51)24-56-42(58)55(31-49-56)35-8-6-33(7-9-35)52-19-21-53(22-20-52)34-10-12-36(13-11-34)59-26-37-27-60-44(62-37,28-54-30-47-29-48-54)38-14-5-32(45)23-39(38)46/h5-14,23,29-31,37,40H,15-22,24-28H2,1-4H3. The predicted molar refractivity (Wildman–Crippen MR) is 226 cm³/mol. The number of ether oxygens (including phenoxy) is 4. The summed E-state index contributed by atoms with van der Waals surface area (Å²) in [5.41, 5.74) is 2.20. The van der Waals surface area contributed by atoms with E-state index >= 15 is 0 Å². The molecule has 5 heterocycles. The molecule has 3 aromatic carbocycles. The van der Waals surface area contributed by atoms with E-state index in [9.17, 15) is 18.4 Å². The highest BCUT2D eigenvalue weighted by Crippen LogP contribution is 2.38. The first-order valence-corrected chi connectivity index (χ1v) is 21.0. The summed E-state index contributed by atoms with van der Waals surface area (Å²) in [6, 6.07) is 19.1. The number of halogens is 2. The molecule has 3 fully saturated rings. The van der Waals surface area contributed by atoms with Gasteiger partial charge in [0.15, 0.2) is 0 Å². The Hall–Kier alpha value is -5.69. The van der Waals surface area contributed by atoms with Crippen LogP contribution in [0.15, 0.2) is 90.5 Å². The molecule has 18 heteroatoms. The van der Waals surface area contributed by atoms with Crippen LogP contribution in [-0.4, -0.2) is 136 Å². The van der Waals surface area contributed by atoms with Crippen LogP contribution in [0.4, 0.5) is 20.2 Å². The van der Waals surface area contributed by atoms with Crippen LogP contribution in [0.1, 0.15) is 26.3 Å². The largest absolute Gasteiger partial charge is 0.491 e. The smallest absolute Gasteiger partial charge is 0.350 e. The van der Waals surface area contributed by atoms with Crippen LogP contribution in [0.2, 0.25) is 0 Å². The molecule has 2 aromatic heterocycles. The fourth-order valence-corrected chi connectivity index (χ4v) is 7.94. The van der Waals surface area contributed by atoms with Gasteiger partial charge in [0.25, 0.3) is 0 Å². The minimum absolute atomic E-state index is 0.0195. The van der Waals surface area contributed by atoms with Gasteiger partial charge in [0.05, 0.1) is 25.4 Å². The van der Waals surface area contributed by atoms with Crippen molar-refractivity contribution in [2.24, 2.45) is 5.41 Å². The van der Waals surface area contributed by atoms with Gasteiger partial charge in [0.1, 0.15) is 61.7 Å². The zero-order valence-electron chi connectivity index (χ0n) is 35.6. The lowest BCUT2D eigenvalue weighted by Gasteiger charge is -2.37. The zero-order valence-corrected chi connectivity index (χ0v) is 35.6. The number of hydrogen-bond acceptors (Lipinski definition) is 13. The number of carbonyl (C=O) groups excluding carboxylic acids is 1. The Morgan fingerprint density at radius 3 is 2.16 bits per heavy atom. The number of anilines is 2. The van der Waals surface area contributed by atoms with Crippen LogP contribution in [0.25, 0.3) is 5.69 Å². The molecule has 8 rings (SSSR count). The number of piperazine rings is 2. The van der Waals surface area contributed by atoms with Crippen LogP contribution in [0.3, 0.4) is 0 Å². The van der Waals surface area contributed by atoms with Gasteiger partial charge >= 0.3 is 11.7 Å². The summed E-state index contributed by atoms with van der Waals surface area (Å²) in [6.07, 6.45) is 3.29. The molecule has 5 aromatic rings. The van der Waals surface area contributed by atoms with E-state index in [0.717, 1.165) is 69.8 Å². The number of nitrogens with zero attached hydrogens (tertiary/aromatic N) is 10. The van der Waals surface area contributed by atoms with E-state index in [1.54, 1.807) is 0 Å². The molecule has 3 aliphatic rings. The number of hydrogen-bond donors (Lipinski definition) is 0. The molecule has 3 aliphatic heterocycles. The van der Waals surface area contributed by atoms with Crippen molar-refractivity contribution in [1.29, 1.82) is 0 Å². The summed E-state index contributed by atoms with van der Waals surface area (Å²) in [5, 5.41) is 8.51. The number of carbonyl (C=O) groups is 1. The summed E-state index contributed by atoms with van der Waals surface area (Å²) in [4.78, 5) is 39.4. The molecule has 3 saturated heterocycles. The fourth-order valence-electron chi connectivity index (χ4n) is 7.94. The molecule has 3 unspecified atom stereocenters. The Balaban J connectivity index is 0.817. The third-order valence-electron chi connectivity index (χ3n) is 11.7. The first kappa shape index (κ1) is 43.0. The van der Waals surface area contributed by atoms with Crippen LogP contribution in [-0.2, 0) is 37.9 Å². The maximum atomic E-state index is 15.0. The average Bonchev–Trinajstić information content (AvgIpc) is 4.02. The first-order chi connectivity index (χ1) is 29.8. The van der Waals surface area contributed by atoms with E-state index in [0.29, 0.717) is 11.4 Å². The Morgan fingerprint density at radius 1 is 0.871 bits per heavy atom. The molecule has 0 saturated carbocycles. The van der Waals surface area contributed by atoms with E-state index in [1.165, 1.54) is 45.0 Å². The highest BCUT2D eigenvalue weighted by molar-refractivity contribution is 5.72. The van der Waals surface area contributed by atoms with Crippen LogP contribution >= 0.6 is 0 Å². The van der Waals surface area contributed by atoms with Crippen molar-refractivity contribution in [2.75, 3.05) is 89.0 Å². The molecule has 0 aliphatic carbocycles. The second kappa shape index (κ2) is 18.3. The lowest BCUT2D eigenvalue weighted by molar-refractivity contribution is -0.192. The zero-order chi connectivity index (χ0) is 43.4. The Labute approximate surface area is 359 Å². The van der Waals surface area contributed by atoms with E-state index in [2.05, 4.69) is 41.8 Å². The van der Waals surface area contributed by atoms with Gasteiger partial charge in [0.2, 0.25) is 5.79 Å². The summed E-state index contributed by atoms with van der Waals surface area (Å²) in [6.45, 7) is 13.4. The maximum absolute atomic E-state index is 15.0. The summed E-state index contributed by atoms with van der Waals surface area (Å²) >= 11 is 0. The van der Waals surface area contributed by atoms with Gasteiger partial charge in [-0.05, 0) is 67.7 Å². The predicted octanol–water partition coefficient (Wildman–Crippen LogP) is 3.78. The summed E-state index contributed by atoms with van der Waals surface area (Å²) < 4.78 is 57.4. The average molecular weight is 857 g/mol. The van der Waals surface area contributed by atoms with Crippen molar-refractivity contribution >= 4 is 17.3 Å². The molecular formula is C44H54F2N10O6. The Bertz CT molecular complexity index is 2320. The third-order valence-corrected chi connectivity index (χ3v) is 11.7. The lowest BCUT2D eigenvalue weighted by atomic mass is 9.89. The van der Waals surface area contributed by atoms with Crippen molar-refractivity contribution in [3.63, 3.8) is 0 Å². The van der Waals surface area contributed by atoms with Gasteiger partial charge in [-0.25, -0.2) is 32.5 Å². The SMILES string of the molecule is CN1CCN(CC(=O)OC(Cn2ncn(-c3ccc(N4CCN(c5ccc(OCC6COC(Cn7cncn7)(c7ccc(F)cc7F)O6)cc5)CC4)cc3)c2=O)C(C)(C)C)CC1. The molecule has 62 heavy (non-hydrogen) atoms. The van der Waals surface area contributed by atoms with Crippen molar-refractivity contribution in [3.05, 3.63) is 113 Å². The van der Waals surface area contributed by atoms with Crippen molar-refractivity contribution in [1.82, 2.24) is 38.9 Å². The van der Waals surface area contributed by atoms with E-state index < -0.39 is 35.0 Å². The van der Waals surface area contributed by atoms with E-state index in [-0.39, 0.29) is 50.1 Å². The molecular weight excluding hydrogens is 803 g/mol.